The maximum Gasteiger partial charge on any atom is 0.143 e. The summed E-state index contributed by atoms with van der Waals surface area (Å²) in [5.74, 6) is 0.414. The van der Waals surface area contributed by atoms with Crippen LogP contribution in [-0.2, 0) is 6.54 Å². The molecule has 4 heteroatoms. The van der Waals surface area contributed by atoms with Crippen molar-refractivity contribution in [3.8, 4) is 5.75 Å². The lowest BCUT2D eigenvalue weighted by Crippen LogP contribution is -2.03. The molecule has 0 spiro atoms. The van der Waals surface area contributed by atoms with Crippen LogP contribution in [0.25, 0.3) is 0 Å². The lowest BCUT2D eigenvalue weighted by Gasteiger charge is -2.11. The van der Waals surface area contributed by atoms with E-state index in [0.717, 1.165) is 11.3 Å². The third-order valence-corrected chi connectivity index (χ3v) is 2.98. The minimum Gasteiger partial charge on any atom is -0.494 e. The Morgan fingerprint density at radius 2 is 2.00 bits per heavy atom. The number of nitrogens with one attached hydrogen (secondary N) is 1. The van der Waals surface area contributed by atoms with Crippen molar-refractivity contribution in [3.05, 3.63) is 58.9 Å². The number of rotatable bonds is 5. The quantitative estimate of drug-likeness (QED) is 0.871. The van der Waals surface area contributed by atoms with Crippen LogP contribution in [-0.4, -0.2) is 6.61 Å². The van der Waals surface area contributed by atoms with Crippen LogP contribution < -0.4 is 10.1 Å². The van der Waals surface area contributed by atoms with E-state index in [4.69, 9.17) is 16.3 Å². The molecule has 0 bridgehead atoms. The Kier molecular flexibility index (Phi) is 4.63. The minimum absolute atomic E-state index is 0.125. The molecule has 19 heavy (non-hydrogen) atoms. The van der Waals surface area contributed by atoms with Gasteiger partial charge in [-0.25, -0.2) is 4.39 Å². The summed E-state index contributed by atoms with van der Waals surface area (Å²) >= 11 is 5.64. The molecule has 0 aliphatic heterocycles. The lowest BCUT2D eigenvalue weighted by molar-refractivity contribution is 0.337. The Bertz CT molecular complexity index is 560. The molecule has 2 nitrogen and oxygen atoms in total. The Balaban J connectivity index is 2.07. The first-order valence-corrected chi connectivity index (χ1v) is 6.48. The van der Waals surface area contributed by atoms with Gasteiger partial charge in [0.1, 0.15) is 11.6 Å². The topological polar surface area (TPSA) is 21.3 Å². The molecule has 1 N–H and O–H groups in total. The summed E-state index contributed by atoms with van der Waals surface area (Å²) in [5, 5.41) is 3.27. The van der Waals surface area contributed by atoms with E-state index >= 15 is 0 Å². The van der Waals surface area contributed by atoms with Crippen LogP contribution in [0, 0.1) is 5.82 Å². The second-order valence-corrected chi connectivity index (χ2v) is 4.43. The number of benzene rings is 2. The molecule has 2 aromatic carbocycles. The molecule has 0 aliphatic rings. The third kappa shape index (κ3) is 3.61. The Morgan fingerprint density at radius 3 is 2.74 bits per heavy atom. The summed E-state index contributed by atoms with van der Waals surface area (Å²) in [5.41, 5.74) is 1.72. The highest BCUT2D eigenvalue weighted by Crippen LogP contribution is 2.22. The predicted molar refractivity (Wildman–Crippen MR) is 76.3 cm³/mol. The molecule has 0 radical (unpaired) electrons. The normalized spacial score (nSPS) is 10.3. The number of hydrogen-bond donors (Lipinski definition) is 1. The van der Waals surface area contributed by atoms with Crippen LogP contribution in [0.3, 0.4) is 0 Å². The average Bonchev–Trinajstić information content (AvgIpc) is 2.42. The molecule has 0 atom stereocenters. The molecular formula is C15H15ClFNO. The molecule has 0 aliphatic carbocycles. The van der Waals surface area contributed by atoms with Crippen molar-refractivity contribution >= 4 is 17.3 Å². The first kappa shape index (κ1) is 13.7. The van der Waals surface area contributed by atoms with Gasteiger partial charge in [0.2, 0.25) is 0 Å². The Hall–Kier alpha value is -1.74. The maximum atomic E-state index is 13.3. The van der Waals surface area contributed by atoms with Crippen molar-refractivity contribution in [1.82, 2.24) is 0 Å². The summed E-state index contributed by atoms with van der Waals surface area (Å²) in [6.07, 6.45) is 0. The number of halogens is 2. The van der Waals surface area contributed by atoms with Gasteiger partial charge in [0.25, 0.3) is 0 Å². The fraction of sp³-hybridized carbons (Fsp3) is 0.200. The van der Waals surface area contributed by atoms with Crippen LogP contribution in [0.15, 0.2) is 42.5 Å². The van der Waals surface area contributed by atoms with Gasteiger partial charge in [0.15, 0.2) is 0 Å². The summed E-state index contributed by atoms with van der Waals surface area (Å²) in [4.78, 5) is 0. The summed E-state index contributed by atoms with van der Waals surface area (Å²) in [7, 11) is 0. The van der Waals surface area contributed by atoms with Crippen molar-refractivity contribution in [2.45, 2.75) is 13.5 Å². The molecule has 0 fully saturated rings. The number of anilines is 1. The van der Waals surface area contributed by atoms with Crippen molar-refractivity contribution < 1.29 is 9.13 Å². The van der Waals surface area contributed by atoms with Crippen LogP contribution in [0.5, 0.6) is 5.75 Å². The average molecular weight is 280 g/mol. The van der Waals surface area contributed by atoms with Gasteiger partial charge in [-0.1, -0.05) is 29.8 Å². The summed E-state index contributed by atoms with van der Waals surface area (Å²) < 4.78 is 18.8. The highest BCUT2D eigenvalue weighted by Gasteiger charge is 2.04. The number of ether oxygens (including phenoxy) is 1. The minimum atomic E-state index is -0.426. The molecule has 0 amide bonds. The first-order chi connectivity index (χ1) is 9.20. The zero-order chi connectivity index (χ0) is 13.7. The molecule has 0 saturated carbocycles. The smallest absolute Gasteiger partial charge is 0.143 e. The Morgan fingerprint density at radius 1 is 1.21 bits per heavy atom. The van der Waals surface area contributed by atoms with Crippen LogP contribution >= 0.6 is 11.6 Å². The van der Waals surface area contributed by atoms with Gasteiger partial charge in [-0.3, -0.25) is 0 Å². The van der Waals surface area contributed by atoms with E-state index in [2.05, 4.69) is 5.32 Å². The predicted octanol–water partition coefficient (Wildman–Crippen LogP) is 4.49. The molecule has 0 saturated heterocycles. The third-order valence-electron chi connectivity index (χ3n) is 2.68. The van der Waals surface area contributed by atoms with Gasteiger partial charge in [0, 0.05) is 17.8 Å². The van der Waals surface area contributed by atoms with E-state index in [1.54, 1.807) is 6.07 Å². The van der Waals surface area contributed by atoms with E-state index in [1.165, 1.54) is 12.1 Å². The van der Waals surface area contributed by atoms with Gasteiger partial charge < -0.3 is 10.1 Å². The molecular weight excluding hydrogens is 265 g/mol. The van der Waals surface area contributed by atoms with E-state index in [0.29, 0.717) is 18.8 Å². The lowest BCUT2D eigenvalue weighted by atomic mass is 10.2. The summed E-state index contributed by atoms with van der Waals surface area (Å²) in [6, 6.07) is 12.4. The monoisotopic (exact) mass is 279 g/mol. The van der Waals surface area contributed by atoms with Crippen molar-refractivity contribution in [2.75, 3.05) is 11.9 Å². The molecule has 0 heterocycles. The molecule has 0 aromatic heterocycles. The second kappa shape index (κ2) is 6.43. The van der Waals surface area contributed by atoms with Crippen molar-refractivity contribution in [3.63, 3.8) is 0 Å². The zero-order valence-electron chi connectivity index (χ0n) is 10.6. The highest BCUT2D eigenvalue weighted by atomic mass is 35.5. The van der Waals surface area contributed by atoms with E-state index in [-0.39, 0.29) is 5.02 Å². The van der Waals surface area contributed by atoms with E-state index in [1.807, 2.05) is 31.2 Å². The molecule has 2 rings (SSSR count). The summed E-state index contributed by atoms with van der Waals surface area (Å²) in [6.45, 7) is 3.13. The first-order valence-electron chi connectivity index (χ1n) is 6.10. The van der Waals surface area contributed by atoms with E-state index in [9.17, 15) is 4.39 Å². The molecule has 2 aromatic rings. The Labute approximate surface area is 117 Å². The van der Waals surface area contributed by atoms with Gasteiger partial charge in [-0.2, -0.15) is 0 Å². The SMILES string of the molecule is CCOc1ccccc1CNc1ccc(Cl)c(F)c1. The van der Waals surface area contributed by atoms with Gasteiger partial charge >= 0.3 is 0 Å². The standard InChI is InChI=1S/C15H15ClFNO/c1-2-19-15-6-4-3-5-11(15)10-18-12-7-8-13(16)14(17)9-12/h3-9,18H,2,10H2,1H3. The molecule has 100 valence electrons. The van der Waals surface area contributed by atoms with Gasteiger partial charge in [-0.15, -0.1) is 0 Å². The van der Waals surface area contributed by atoms with Crippen LogP contribution in [0.2, 0.25) is 5.02 Å². The fourth-order valence-electron chi connectivity index (χ4n) is 1.75. The van der Waals surface area contributed by atoms with Crippen molar-refractivity contribution in [1.29, 1.82) is 0 Å². The van der Waals surface area contributed by atoms with Gasteiger partial charge in [-0.05, 0) is 31.2 Å². The number of para-hydroxylation sites is 1. The van der Waals surface area contributed by atoms with Gasteiger partial charge in [0.05, 0.1) is 11.6 Å². The van der Waals surface area contributed by atoms with E-state index < -0.39 is 5.82 Å². The van der Waals surface area contributed by atoms with Crippen LogP contribution in [0.1, 0.15) is 12.5 Å². The number of hydrogen-bond acceptors (Lipinski definition) is 2. The largest absolute Gasteiger partial charge is 0.494 e. The van der Waals surface area contributed by atoms with Crippen molar-refractivity contribution in [2.24, 2.45) is 0 Å². The zero-order valence-corrected chi connectivity index (χ0v) is 11.4. The van der Waals surface area contributed by atoms with Crippen LogP contribution in [0.4, 0.5) is 10.1 Å². The highest BCUT2D eigenvalue weighted by molar-refractivity contribution is 6.30. The fourth-order valence-corrected chi connectivity index (χ4v) is 1.87. The molecule has 0 unspecified atom stereocenters. The maximum absolute atomic E-state index is 13.3. The second-order valence-electron chi connectivity index (χ2n) is 4.02.